The number of hydrogen-bond donors (Lipinski definition) is 0. The average Bonchev–Trinajstić information content (AvgIpc) is 2.89. The molecule has 0 radical (unpaired) electrons. The van der Waals surface area contributed by atoms with Crippen molar-refractivity contribution in [3.63, 3.8) is 0 Å². The van der Waals surface area contributed by atoms with Gasteiger partial charge in [-0.15, -0.1) is 0 Å². The van der Waals surface area contributed by atoms with E-state index >= 15 is 0 Å². The number of aldehydes is 1. The predicted molar refractivity (Wildman–Crippen MR) is 60.4 cm³/mol. The molecule has 0 aromatic rings. The maximum atomic E-state index is 10.3. The van der Waals surface area contributed by atoms with Crippen molar-refractivity contribution in [1.82, 2.24) is 0 Å². The van der Waals surface area contributed by atoms with Crippen LogP contribution in [0.4, 0.5) is 0 Å². The van der Waals surface area contributed by atoms with Crippen LogP contribution in [0.2, 0.25) is 0 Å². The Labute approximate surface area is 91.9 Å². The van der Waals surface area contributed by atoms with Gasteiger partial charge in [0.1, 0.15) is 6.29 Å². The van der Waals surface area contributed by atoms with E-state index in [-0.39, 0.29) is 0 Å². The summed E-state index contributed by atoms with van der Waals surface area (Å²) >= 11 is 0. The lowest BCUT2D eigenvalue weighted by molar-refractivity contribution is -0.107. The SMILES string of the molecule is O=CCCCC1CC2C3C=CC(C3)C2C1. The lowest BCUT2D eigenvalue weighted by Crippen LogP contribution is -2.12. The normalized spacial score (nSPS) is 46.0. The Balaban J connectivity index is 1.55. The summed E-state index contributed by atoms with van der Waals surface area (Å²) in [6.07, 6.45) is 13.6. The smallest absolute Gasteiger partial charge is 0.119 e. The molecule has 82 valence electrons. The molecule has 0 N–H and O–H groups in total. The quantitative estimate of drug-likeness (QED) is 0.390. The van der Waals surface area contributed by atoms with Crippen molar-refractivity contribution in [2.24, 2.45) is 29.6 Å². The van der Waals surface area contributed by atoms with Gasteiger partial charge in [0.05, 0.1) is 0 Å². The molecule has 2 saturated carbocycles. The summed E-state index contributed by atoms with van der Waals surface area (Å²) in [7, 11) is 0. The van der Waals surface area contributed by atoms with Gasteiger partial charge in [-0.1, -0.05) is 18.6 Å². The van der Waals surface area contributed by atoms with E-state index in [1.54, 1.807) is 0 Å². The Bertz CT molecular complexity index is 261. The molecule has 0 spiro atoms. The van der Waals surface area contributed by atoms with Crippen LogP contribution in [0.3, 0.4) is 0 Å². The van der Waals surface area contributed by atoms with Gasteiger partial charge in [0.15, 0.2) is 0 Å². The summed E-state index contributed by atoms with van der Waals surface area (Å²) in [5, 5.41) is 0. The molecule has 1 nitrogen and oxygen atoms in total. The number of carbonyl (C=O) groups excluding carboxylic acids is 1. The minimum atomic E-state index is 0.775. The number of unbranched alkanes of at least 4 members (excludes halogenated alkanes) is 1. The summed E-state index contributed by atoms with van der Waals surface area (Å²) in [5.74, 6) is 4.82. The molecule has 4 atom stereocenters. The molecule has 0 saturated heterocycles. The highest BCUT2D eigenvalue weighted by Crippen LogP contribution is 2.57. The summed E-state index contributed by atoms with van der Waals surface area (Å²) in [4.78, 5) is 10.3. The molecule has 3 rings (SSSR count). The van der Waals surface area contributed by atoms with Crippen molar-refractivity contribution in [2.45, 2.75) is 38.5 Å². The van der Waals surface area contributed by atoms with Gasteiger partial charge < -0.3 is 4.79 Å². The molecular formula is C14H20O. The van der Waals surface area contributed by atoms with Crippen LogP contribution in [-0.2, 0) is 4.79 Å². The molecule has 4 unspecified atom stereocenters. The van der Waals surface area contributed by atoms with Crippen molar-refractivity contribution >= 4 is 6.29 Å². The lowest BCUT2D eigenvalue weighted by Gasteiger charge is -2.19. The third-order valence-corrected chi connectivity index (χ3v) is 4.95. The average molecular weight is 204 g/mol. The fraction of sp³-hybridized carbons (Fsp3) is 0.786. The van der Waals surface area contributed by atoms with Gasteiger partial charge in [0.25, 0.3) is 0 Å². The number of carbonyl (C=O) groups is 1. The van der Waals surface area contributed by atoms with E-state index in [1.807, 2.05) is 0 Å². The summed E-state index contributed by atoms with van der Waals surface area (Å²) in [6.45, 7) is 0. The third-order valence-electron chi connectivity index (χ3n) is 4.95. The van der Waals surface area contributed by atoms with E-state index in [9.17, 15) is 4.79 Å². The molecule has 1 heteroatoms. The Morgan fingerprint density at radius 1 is 1.07 bits per heavy atom. The number of rotatable bonds is 4. The van der Waals surface area contributed by atoms with Crippen molar-refractivity contribution in [3.8, 4) is 0 Å². The first-order valence-electron chi connectivity index (χ1n) is 6.50. The van der Waals surface area contributed by atoms with Crippen LogP contribution < -0.4 is 0 Å². The van der Waals surface area contributed by atoms with Crippen LogP contribution in [0.15, 0.2) is 12.2 Å². The first-order chi connectivity index (χ1) is 7.38. The highest BCUT2D eigenvalue weighted by Gasteiger charge is 2.49. The van der Waals surface area contributed by atoms with E-state index in [4.69, 9.17) is 0 Å². The van der Waals surface area contributed by atoms with E-state index in [2.05, 4.69) is 12.2 Å². The maximum absolute atomic E-state index is 10.3. The van der Waals surface area contributed by atoms with E-state index in [0.29, 0.717) is 0 Å². The Morgan fingerprint density at radius 2 is 1.73 bits per heavy atom. The van der Waals surface area contributed by atoms with Crippen LogP contribution >= 0.6 is 0 Å². The van der Waals surface area contributed by atoms with Gasteiger partial charge in [-0.2, -0.15) is 0 Å². The van der Waals surface area contributed by atoms with Gasteiger partial charge in [-0.05, 0) is 55.3 Å². The van der Waals surface area contributed by atoms with Crippen LogP contribution in [0.25, 0.3) is 0 Å². The highest BCUT2D eigenvalue weighted by atomic mass is 16.1. The standard InChI is InChI=1S/C14H20O/c15-6-2-1-3-10-7-13-11-4-5-12(9-11)14(13)8-10/h4-6,10-14H,1-3,7-9H2. The zero-order valence-electron chi connectivity index (χ0n) is 9.27. The zero-order chi connectivity index (χ0) is 10.3. The van der Waals surface area contributed by atoms with Crippen LogP contribution in [0, 0.1) is 29.6 Å². The monoisotopic (exact) mass is 204 g/mol. The molecule has 0 amide bonds. The minimum absolute atomic E-state index is 0.775. The molecule has 2 bridgehead atoms. The summed E-state index contributed by atoms with van der Waals surface area (Å²) in [6, 6.07) is 0. The largest absolute Gasteiger partial charge is 0.303 e. The second-order valence-electron chi connectivity index (χ2n) is 5.71. The second-order valence-corrected chi connectivity index (χ2v) is 5.71. The van der Waals surface area contributed by atoms with Crippen LogP contribution in [0.1, 0.15) is 38.5 Å². The van der Waals surface area contributed by atoms with E-state index in [1.165, 1.54) is 25.7 Å². The van der Waals surface area contributed by atoms with E-state index in [0.717, 1.165) is 48.7 Å². The van der Waals surface area contributed by atoms with Crippen LogP contribution in [-0.4, -0.2) is 6.29 Å². The minimum Gasteiger partial charge on any atom is -0.303 e. The Morgan fingerprint density at radius 3 is 2.33 bits per heavy atom. The molecule has 0 aromatic heterocycles. The van der Waals surface area contributed by atoms with Gasteiger partial charge in [-0.25, -0.2) is 0 Å². The first-order valence-corrected chi connectivity index (χ1v) is 6.50. The van der Waals surface area contributed by atoms with Gasteiger partial charge in [0.2, 0.25) is 0 Å². The molecule has 0 aromatic carbocycles. The Kier molecular flexibility index (Phi) is 2.42. The first kappa shape index (κ1) is 9.62. The number of fused-ring (bicyclic) bond motifs is 5. The Hall–Kier alpha value is -0.590. The molecule has 0 aliphatic heterocycles. The molecule has 3 aliphatic rings. The third kappa shape index (κ3) is 1.56. The predicted octanol–water partition coefficient (Wildman–Crippen LogP) is 3.20. The summed E-state index contributed by atoms with van der Waals surface area (Å²) in [5.41, 5.74) is 0. The highest BCUT2D eigenvalue weighted by molar-refractivity contribution is 5.48. The van der Waals surface area contributed by atoms with Crippen molar-refractivity contribution < 1.29 is 4.79 Å². The van der Waals surface area contributed by atoms with Crippen molar-refractivity contribution in [3.05, 3.63) is 12.2 Å². The maximum Gasteiger partial charge on any atom is 0.119 e. The van der Waals surface area contributed by atoms with Crippen molar-refractivity contribution in [1.29, 1.82) is 0 Å². The number of allylic oxidation sites excluding steroid dienone is 2. The van der Waals surface area contributed by atoms with Gasteiger partial charge in [-0.3, -0.25) is 0 Å². The van der Waals surface area contributed by atoms with Crippen LogP contribution in [0.5, 0.6) is 0 Å². The zero-order valence-corrected chi connectivity index (χ0v) is 9.27. The molecule has 2 fully saturated rings. The van der Waals surface area contributed by atoms with Gasteiger partial charge in [0, 0.05) is 6.42 Å². The fourth-order valence-electron chi connectivity index (χ4n) is 4.32. The lowest BCUT2D eigenvalue weighted by atomic mass is 9.86. The topological polar surface area (TPSA) is 17.1 Å². The molecule has 3 aliphatic carbocycles. The van der Waals surface area contributed by atoms with E-state index < -0.39 is 0 Å². The summed E-state index contributed by atoms with van der Waals surface area (Å²) < 4.78 is 0. The van der Waals surface area contributed by atoms with Crippen molar-refractivity contribution in [2.75, 3.05) is 0 Å². The second kappa shape index (κ2) is 3.77. The number of hydrogen-bond acceptors (Lipinski definition) is 1. The molecule has 15 heavy (non-hydrogen) atoms. The molecule has 0 heterocycles. The fourth-order valence-corrected chi connectivity index (χ4v) is 4.32. The van der Waals surface area contributed by atoms with Gasteiger partial charge >= 0.3 is 0 Å². The molecular weight excluding hydrogens is 184 g/mol.